The number of carbonyl (C=O) groups is 2. The lowest BCUT2D eigenvalue weighted by atomic mass is 9.33. The second-order valence-electron chi connectivity index (χ2n) is 18.6. The molecule has 1 saturated heterocycles. The lowest BCUT2D eigenvalue weighted by Crippen LogP contribution is -2.67. The molecule has 9 heteroatoms. The van der Waals surface area contributed by atoms with Crippen LogP contribution >= 0.6 is 0 Å². The monoisotopic (exact) mass is 659 g/mol. The molecule has 266 valence electrons. The van der Waals surface area contributed by atoms with E-state index in [-0.39, 0.29) is 45.0 Å². The van der Waals surface area contributed by atoms with Gasteiger partial charge in [-0.25, -0.2) is 0 Å². The number of carboxylic acid groups (broad SMARTS) is 1. The van der Waals surface area contributed by atoms with E-state index >= 15 is 0 Å². The van der Waals surface area contributed by atoms with Crippen molar-refractivity contribution in [1.29, 1.82) is 0 Å². The van der Waals surface area contributed by atoms with Crippen LogP contribution in [0.4, 0.5) is 0 Å². The SMILES string of the molecule is CC(=O)N[C@H]1[C@@H](O[C@H]2CC[C@]3(C)[C@H]4CC=C5[C@@H]6CC(C)(C)CC[C@]6(C(=O)O)CC[C@@]5(C)[C@]4(C)CC[C@H]3C2(C)C)O[C@H](CO)[C@@H](O)[C@@H]1O. The molecule has 5 fully saturated rings. The van der Waals surface area contributed by atoms with Crippen molar-refractivity contribution >= 4 is 11.9 Å². The van der Waals surface area contributed by atoms with E-state index in [1.165, 1.54) is 12.5 Å². The summed E-state index contributed by atoms with van der Waals surface area (Å²) in [5.41, 5.74) is 0.733. The number of carbonyl (C=O) groups excluding carboxylic acids is 1. The standard InChI is InChI=1S/C38H61NO8/c1-21(41)39-28-30(43)29(42)24(20-40)46-31(28)47-27-12-13-35(6)25(34(27,4)5)11-14-37(8)26(35)10-9-22-23-19-33(2,3)15-17-38(23,32(44)45)18-16-36(22,37)7/h9,23-31,40,42-43H,10-20H2,1-8H3,(H,39,41)(H,44,45)/t23-,24+,25-,26+,27-,28+,29+,30+,31+,35-,36+,37+,38-/m0/s1. The molecule has 47 heavy (non-hydrogen) atoms. The van der Waals surface area contributed by atoms with Crippen LogP contribution in [0.2, 0.25) is 0 Å². The van der Waals surface area contributed by atoms with Crippen LogP contribution in [0.25, 0.3) is 0 Å². The number of nitrogens with one attached hydrogen (secondary N) is 1. The quantitative estimate of drug-likeness (QED) is 0.200. The fourth-order valence-corrected chi connectivity index (χ4v) is 12.6. The van der Waals surface area contributed by atoms with Crippen LogP contribution in [0.1, 0.15) is 120 Å². The lowest BCUT2D eigenvalue weighted by Gasteiger charge is -2.71. The normalized spacial score (nSPS) is 50.1. The molecule has 0 aromatic rings. The average Bonchev–Trinajstić information content (AvgIpc) is 2.97. The molecule has 9 nitrogen and oxygen atoms in total. The summed E-state index contributed by atoms with van der Waals surface area (Å²) in [5, 5.41) is 44.7. The largest absolute Gasteiger partial charge is 0.481 e. The molecule has 0 aromatic heterocycles. The van der Waals surface area contributed by atoms with E-state index < -0.39 is 48.6 Å². The van der Waals surface area contributed by atoms with E-state index in [1.54, 1.807) is 0 Å². The van der Waals surface area contributed by atoms with Gasteiger partial charge >= 0.3 is 5.97 Å². The number of hydrogen-bond donors (Lipinski definition) is 5. The van der Waals surface area contributed by atoms with Crippen molar-refractivity contribution in [3.8, 4) is 0 Å². The van der Waals surface area contributed by atoms with Gasteiger partial charge in [0.05, 0.1) is 18.1 Å². The second kappa shape index (κ2) is 11.5. The molecule has 0 aromatic carbocycles. The third-order valence-electron chi connectivity index (χ3n) is 15.6. The zero-order chi connectivity index (χ0) is 34.5. The first kappa shape index (κ1) is 35.3. The van der Waals surface area contributed by atoms with Crippen LogP contribution < -0.4 is 5.32 Å². The molecule has 5 aliphatic carbocycles. The molecule has 0 radical (unpaired) electrons. The molecular weight excluding hydrogens is 598 g/mol. The summed E-state index contributed by atoms with van der Waals surface area (Å²) in [4.78, 5) is 25.0. The highest BCUT2D eigenvalue weighted by Gasteiger charge is 2.69. The summed E-state index contributed by atoms with van der Waals surface area (Å²) in [7, 11) is 0. The molecule has 1 aliphatic heterocycles. The number of fused-ring (bicyclic) bond motifs is 7. The fourth-order valence-electron chi connectivity index (χ4n) is 12.6. The van der Waals surface area contributed by atoms with Gasteiger partial charge in [-0.15, -0.1) is 0 Å². The Labute approximate surface area is 281 Å². The number of ether oxygens (including phenoxy) is 2. The Morgan fingerprint density at radius 2 is 1.62 bits per heavy atom. The van der Waals surface area contributed by atoms with Gasteiger partial charge in [0.2, 0.25) is 5.91 Å². The number of aliphatic carboxylic acids is 1. The van der Waals surface area contributed by atoms with Crippen LogP contribution in [0.15, 0.2) is 11.6 Å². The summed E-state index contributed by atoms with van der Waals surface area (Å²) in [6.07, 6.45) is 6.79. The maximum absolute atomic E-state index is 13.0. The fraction of sp³-hybridized carbons (Fsp3) is 0.895. The molecule has 0 bridgehead atoms. The minimum absolute atomic E-state index is 0.0440. The van der Waals surface area contributed by atoms with Gasteiger partial charge in [0.25, 0.3) is 0 Å². The molecule has 5 N–H and O–H groups in total. The van der Waals surface area contributed by atoms with Gasteiger partial charge in [-0.05, 0) is 109 Å². The van der Waals surface area contributed by atoms with Crippen LogP contribution in [0.3, 0.4) is 0 Å². The molecule has 1 heterocycles. The average molecular weight is 660 g/mol. The maximum Gasteiger partial charge on any atom is 0.310 e. The van der Waals surface area contributed by atoms with Crippen molar-refractivity contribution in [3.63, 3.8) is 0 Å². The lowest BCUT2D eigenvalue weighted by molar-refractivity contribution is -0.306. The third-order valence-corrected chi connectivity index (χ3v) is 15.6. The number of hydrogen-bond acceptors (Lipinski definition) is 7. The highest BCUT2D eigenvalue weighted by Crippen LogP contribution is 2.76. The third kappa shape index (κ3) is 5.10. The van der Waals surface area contributed by atoms with E-state index in [1.807, 2.05) is 0 Å². The maximum atomic E-state index is 13.0. The zero-order valence-corrected chi connectivity index (χ0v) is 30.0. The van der Waals surface area contributed by atoms with E-state index in [4.69, 9.17) is 9.47 Å². The Bertz CT molecular complexity index is 1300. The van der Waals surface area contributed by atoms with E-state index in [0.717, 1.165) is 64.2 Å². The molecule has 13 atom stereocenters. The van der Waals surface area contributed by atoms with Crippen LogP contribution in [0.5, 0.6) is 0 Å². The number of aliphatic hydroxyl groups is 3. The number of carboxylic acids is 1. The molecule has 0 unspecified atom stereocenters. The zero-order valence-electron chi connectivity index (χ0n) is 30.0. The summed E-state index contributed by atoms with van der Waals surface area (Å²) in [6, 6.07) is -0.958. The van der Waals surface area contributed by atoms with Crippen molar-refractivity contribution in [2.24, 2.45) is 50.2 Å². The first-order valence-corrected chi connectivity index (χ1v) is 18.3. The van der Waals surface area contributed by atoms with Gasteiger partial charge in [0.1, 0.15) is 24.4 Å². The predicted octanol–water partition coefficient (Wildman–Crippen LogP) is 5.20. The molecule has 6 rings (SSSR count). The van der Waals surface area contributed by atoms with Gasteiger partial charge in [0, 0.05) is 6.92 Å². The van der Waals surface area contributed by atoms with Crippen molar-refractivity contribution in [2.45, 2.75) is 156 Å². The van der Waals surface area contributed by atoms with Crippen molar-refractivity contribution in [3.05, 3.63) is 11.6 Å². The number of amides is 1. The Balaban J connectivity index is 1.29. The van der Waals surface area contributed by atoms with E-state index in [0.29, 0.717) is 11.8 Å². The molecule has 6 aliphatic rings. The Kier molecular flexibility index (Phi) is 8.65. The Morgan fingerprint density at radius 1 is 0.936 bits per heavy atom. The molecule has 1 amide bonds. The number of aliphatic hydroxyl groups excluding tert-OH is 3. The van der Waals surface area contributed by atoms with Crippen LogP contribution in [-0.2, 0) is 19.1 Å². The first-order valence-electron chi connectivity index (χ1n) is 18.3. The highest BCUT2D eigenvalue weighted by atomic mass is 16.7. The van der Waals surface area contributed by atoms with Gasteiger partial charge in [-0.2, -0.15) is 0 Å². The Hall–Kier alpha value is -1.52. The topological polar surface area (TPSA) is 146 Å². The van der Waals surface area contributed by atoms with Crippen LogP contribution in [-0.4, -0.2) is 75.7 Å². The summed E-state index contributed by atoms with van der Waals surface area (Å²) in [5.74, 6) is -0.0617. The molecular formula is C38H61NO8. The van der Waals surface area contributed by atoms with Crippen molar-refractivity contribution < 1.29 is 39.5 Å². The Morgan fingerprint density at radius 3 is 2.26 bits per heavy atom. The van der Waals surface area contributed by atoms with Gasteiger partial charge in [-0.3, -0.25) is 9.59 Å². The predicted molar refractivity (Wildman–Crippen MR) is 177 cm³/mol. The second-order valence-corrected chi connectivity index (χ2v) is 18.6. The van der Waals surface area contributed by atoms with E-state index in [9.17, 15) is 30.0 Å². The summed E-state index contributed by atoms with van der Waals surface area (Å²) < 4.78 is 12.7. The van der Waals surface area contributed by atoms with Crippen LogP contribution in [0, 0.1) is 50.2 Å². The van der Waals surface area contributed by atoms with Crippen molar-refractivity contribution in [2.75, 3.05) is 6.61 Å². The summed E-state index contributed by atoms with van der Waals surface area (Å²) >= 11 is 0. The minimum Gasteiger partial charge on any atom is -0.481 e. The number of allylic oxidation sites excluding steroid dienone is 2. The molecule has 0 spiro atoms. The van der Waals surface area contributed by atoms with Gasteiger partial charge < -0.3 is 35.2 Å². The van der Waals surface area contributed by atoms with E-state index in [2.05, 4.69) is 59.9 Å². The molecule has 4 saturated carbocycles. The minimum atomic E-state index is -1.35. The van der Waals surface area contributed by atoms with Gasteiger partial charge in [-0.1, -0.05) is 60.1 Å². The van der Waals surface area contributed by atoms with Crippen molar-refractivity contribution in [1.82, 2.24) is 5.32 Å². The first-order chi connectivity index (χ1) is 21.8. The highest BCUT2D eigenvalue weighted by molar-refractivity contribution is 5.76. The van der Waals surface area contributed by atoms with Gasteiger partial charge in [0.15, 0.2) is 6.29 Å². The number of rotatable bonds is 5. The smallest absolute Gasteiger partial charge is 0.310 e. The summed E-state index contributed by atoms with van der Waals surface area (Å²) in [6.45, 7) is 17.6.